The van der Waals surface area contributed by atoms with Crippen molar-refractivity contribution in [2.45, 2.75) is 64.2 Å². The van der Waals surface area contributed by atoms with Crippen molar-refractivity contribution in [3.8, 4) is 5.88 Å². The molecule has 1 unspecified atom stereocenters. The zero-order valence-electron chi connectivity index (χ0n) is 18.3. The molecule has 2 aliphatic heterocycles. The van der Waals surface area contributed by atoms with Crippen LogP contribution in [-0.4, -0.2) is 68.0 Å². The maximum Gasteiger partial charge on any atom is 0.213 e. The van der Waals surface area contributed by atoms with E-state index >= 15 is 0 Å². The highest BCUT2D eigenvalue weighted by molar-refractivity contribution is 14.0. The van der Waals surface area contributed by atoms with Gasteiger partial charge in [-0.3, -0.25) is 4.99 Å². The highest BCUT2D eigenvalue weighted by atomic mass is 127. The van der Waals surface area contributed by atoms with Gasteiger partial charge in [0.05, 0.1) is 25.4 Å². The number of nitrogens with one attached hydrogen (secondary N) is 1. The van der Waals surface area contributed by atoms with Crippen molar-refractivity contribution in [1.82, 2.24) is 15.2 Å². The quantitative estimate of drug-likeness (QED) is 0.314. The van der Waals surface area contributed by atoms with Crippen LogP contribution in [0.2, 0.25) is 0 Å². The Balaban J connectivity index is 0.00000320. The molecule has 0 radical (unpaired) electrons. The summed E-state index contributed by atoms with van der Waals surface area (Å²) < 4.78 is 17.4. The molecular formula is C22H37IN4O3. The lowest BCUT2D eigenvalue weighted by molar-refractivity contribution is -0.0721. The Morgan fingerprint density at radius 1 is 1.27 bits per heavy atom. The van der Waals surface area contributed by atoms with Crippen molar-refractivity contribution in [1.29, 1.82) is 0 Å². The van der Waals surface area contributed by atoms with E-state index in [0.717, 1.165) is 63.5 Å². The van der Waals surface area contributed by atoms with Crippen LogP contribution in [0.25, 0.3) is 0 Å². The van der Waals surface area contributed by atoms with E-state index in [9.17, 15) is 0 Å². The SMILES string of the molecule is CCCOc1ccc(CNC(=NC)N2CCC(OCC3CCCCO3)CC2)cn1.I. The highest BCUT2D eigenvalue weighted by Gasteiger charge is 2.23. The van der Waals surface area contributed by atoms with E-state index in [1.165, 1.54) is 12.8 Å². The molecule has 1 atom stereocenters. The van der Waals surface area contributed by atoms with E-state index in [4.69, 9.17) is 14.2 Å². The van der Waals surface area contributed by atoms with Crippen LogP contribution in [-0.2, 0) is 16.0 Å². The molecule has 3 rings (SSSR count). The first-order valence-corrected chi connectivity index (χ1v) is 11.0. The molecule has 30 heavy (non-hydrogen) atoms. The minimum Gasteiger partial charge on any atom is -0.478 e. The number of pyridine rings is 1. The van der Waals surface area contributed by atoms with E-state index < -0.39 is 0 Å². The van der Waals surface area contributed by atoms with E-state index in [2.05, 4.69) is 27.1 Å². The van der Waals surface area contributed by atoms with Crippen LogP contribution in [0.4, 0.5) is 0 Å². The second kappa shape index (κ2) is 14.0. The second-order valence-corrected chi connectivity index (χ2v) is 7.76. The Labute approximate surface area is 198 Å². The van der Waals surface area contributed by atoms with Gasteiger partial charge >= 0.3 is 0 Å². The zero-order valence-corrected chi connectivity index (χ0v) is 20.7. The Bertz CT molecular complexity index is 615. The smallest absolute Gasteiger partial charge is 0.213 e. The summed E-state index contributed by atoms with van der Waals surface area (Å²) in [4.78, 5) is 11.1. The van der Waals surface area contributed by atoms with Gasteiger partial charge in [-0.2, -0.15) is 0 Å². The Hall–Kier alpha value is -1.13. The zero-order chi connectivity index (χ0) is 20.3. The Morgan fingerprint density at radius 3 is 2.73 bits per heavy atom. The van der Waals surface area contributed by atoms with Gasteiger partial charge in [-0.05, 0) is 44.1 Å². The summed E-state index contributed by atoms with van der Waals surface area (Å²) in [7, 11) is 1.84. The normalized spacial score (nSPS) is 20.5. The fourth-order valence-electron chi connectivity index (χ4n) is 3.74. The molecule has 170 valence electrons. The van der Waals surface area contributed by atoms with Gasteiger partial charge in [0.2, 0.25) is 5.88 Å². The van der Waals surface area contributed by atoms with Gasteiger partial charge in [0.25, 0.3) is 0 Å². The molecule has 0 aliphatic carbocycles. The van der Waals surface area contributed by atoms with Gasteiger partial charge < -0.3 is 24.4 Å². The number of piperidine rings is 1. The van der Waals surface area contributed by atoms with Crippen LogP contribution in [0, 0.1) is 0 Å². The number of aliphatic imine (C=N–C) groups is 1. The van der Waals surface area contributed by atoms with E-state index in [1.54, 1.807) is 0 Å². The Morgan fingerprint density at radius 2 is 2.10 bits per heavy atom. The summed E-state index contributed by atoms with van der Waals surface area (Å²) in [5.41, 5.74) is 1.11. The van der Waals surface area contributed by atoms with Crippen molar-refractivity contribution < 1.29 is 14.2 Å². The average molecular weight is 532 g/mol. The number of rotatable bonds is 8. The number of likely N-dealkylation sites (tertiary alicyclic amines) is 1. The van der Waals surface area contributed by atoms with Crippen molar-refractivity contribution >= 4 is 29.9 Å². The molecule has 8 heteroatoms. The molecule has 0 spiro atoms. The van der Waals surface area contributed by atoms with Gasteiger partial charge in [-0.25, -0.2) is 4.98 Å². The molecule has 2 aliphatic rings. The largest absolute Gasteiger partial charge is 0.478 e. The summed E-state index contributed by atoms with van der Waals surface area (Å²) >= 11 is 0. The predicted molar refractivity (Wildman–Crippen MR) is 130 cm³/mol. The van der Waals surface area contributed by atoms with Crippen LogP contribution in [0.3, 0.4) is 0 Å². The first kappa shape index (κ1) is 25.1. The summed E-state index contributed by atoms with van der Waals surface area (Å²) in [5.74, 6) is 1.62. The number of nitrogens with zero attached hydrogens (tertiary/aromatic N) is 3. The minimum atomic E-state index is 0. The maximum absolute atomic E-state index is 6.12. The number of hydrogen-bond donors (Lipinski definition) is 1. The first-order valence-electron chi connectivity index (χ1n) is 11.0. The number of halogens is 1. The van der Waals surface area contributed by atoms with Crippen molar-refractivity contribution in [2.24, 2.45) is 4.99 Å². The molecule has 2 saturated heterocycles. The molecule has 1 N–H and O–H groups in total. The minimum absolute atomic E-state index is 0. The Kier molecular flexibility index (Phi) is 11.8. The van der Waals surface area contributed by atoms with Crippen LogP contribution in [0.1, 0.15) is 51.0 Å². The standard InChI is InChI=1S/C22H36N4O3.HI/c1-3-13-28-21-8-7-18(15-24-21)16-25-22(23-2)26-11-9-19(10-12-26)29-17-20-6-4-5-14-27-20;/h7-8,15,19-20H,3-6,9-14,16-17H2,1-2H3,(H,23,25);1H. The number of aromatic nitrogens is 1. The molecule has 7 nitrogen and oxygen atoms in total. The van der Waals surface area contributed by atoms with Crippen LogP contribution in [0.15, 0.2) is 23.3 Å². The third kappa shape index (κ3) is 8.19. The topological polar surface area (TPSA) is 68.2 Å². The monoisotopic (exact) mass is 532 g/mol. The lowest BCUT2D eigenvalue weighted by Gasteiger charge is -2.35. The number of guanidine groups is 1. The van der Waals surface area contributed by atoms with E-state index in [0.29, 0.717) is 31.2 Å². The van der Waals surface area contributed by atoms with Gasteiger partial charge in [0, 0.05) is 45.6 Å². The van der Waals surface area contributed by atoms with E-state index in [-0.39, 0.29) is 24.0 Å². The molecule has 2 fully saturated rings. The third-order valence-corrected chi connectivity index (χ3v) is 5.45. The molecule has 3 heterocycles. The molecular weight excluding hydrogens is 495 g/mol. The molecule has 0 bridgehead atoms. The van der Waals surface area contributed by atoms with Crippen molar-refractivity contribution in [3.05, 3.63) is 23.9 Å². The highest BCUT2D eigenvalue weighted by Crippen LogP contribution is 2.18. The van der Waals surface area contributed by atoms with E-state index in [1.807, 2.05) is 25.4 Å². The first-order chi connectivity index (χ1) is 14.3. The fraction of sp³-hybridized carbons (Fsp3) is 0.727. The predicted octanol–water partition coefficient (Wildman–Crippen LogP) is 3.61. The lowest BCUT2D eigenvalue weighted by Crippen LogP contribution is -2.47. The molecule has 0 saturated carbocycles. The summed E-state index contributed by atoms with van der Waals surface area (Å²) in [6.07, 6.45) is 9.10. The van der Waals surface area contributed by atoms with Gasteiger partial charge in [0.1, 0.15) is 0 Å². The third-order valence-electron chi connectivity index (χ3n) is 5.45. The molecule has 0 aromatic carbocycles. The second-order valence-electron chi connectivity index (χ2n) is 7.76. The lowest BCUT2D eigenvalue weighted by atomic mass is 10.1. The van der Waals surface area contributed by atoms with Gasteiger partial charge in [-0.1, -0.05) is 13.0 Å². The van der Waals surface area contributed by atoms with Gasteiger partial charge in [-0.15, -0.1) is 24.0 Å². The molecule has 1 aromatic heterocycles. The van der Waals surface area contributed by atoms with Crippen LogP contribution >= 0.6 is 24.0 Å². The van der Waals surface area contributed by atoms with Gasteiger partial charge in [0.15, 0.2) is 5.96 Å². The maximum atomic E-state index is 6.12. The summed E-state index contributed by atoms with van der Waals surface area (Å²) in [5, 5.41) is 3.45. The average Bonchev–Trinajstić information content (AvgIpc) is 2.79. The fourth-order valence-corrected chi connectivity index (χ4v) is 3.74. The summed E-state index contributed by atoms with van der Waals surface area (Å²) in [6.45, 7) is 7.02. The van der Waals surface area contributed by atoms with Crippen LogP contribution < -0.4 is 10.1 Å². The molecule has 1 aromatic rings. The van der Waals surface area contributed by atoms with Crippen molar-refractivity contribution in [2.75, 3.05) is 40.0 Å². The molecule has 0 amide bonds. The number of ether oxygens (including phenoxy) is 3. The van der Waals surface area contributed by atoms with Crippen LogP contribution in [0.5, 0.6) is 5.88 Å². The number of hydrogen-bond acceptors (Lipinski definition) is 5. The summed E-state index contributed by atoms with van der Waals surface area (Å²) in [6, 6.07) is 3.97. The van der Waals surface area contributed by atoms with Crippen molar-refractivity contribution in [3.63, 3.8) is 0 Å².